The van der Waals surface area contributed by atoms with Crippen LogP contribution in [0.25, 0.3) is 0 Å². The number of hydrogen-bond acceptors (Lipinski definition) is 6. The third-order valence-corrected chi connectivity index (χ3v) is 3.02. The van der Waals surface area contributed by atoms with Gasteiger partial charge >= 0.3 is 5.69 Å². The molecule has 102 valence electrons. The Labute approximate surface area is 109 Å². The van der Waals surface area contributed by atoms with Gasteiger partial charge in [-0.15, -0.1) is 0 Å². The average Bonchev–Trinajstić information content (AvgIpc) is 2.39. The van der Waals surface area contributed by atoms with Gasteiger partial charge in [-0.2, -0.15) is 0 Å². The maximum atomic E-state index is 11.0. The van der Waals surface area contributed by atoms with Crippen LogP contribution in [-0.2, 0) is 0 Å². The zero-order valence-corrected chi connectivity index (χ0v) is 10.2. The molecule has 1 aromatic carbocycles. The van der Waals surface area contributed by atoms with Crippen LogP contribution in [0.15, 0.2) is 18.2 Å². The summed E-state index contributed by atoms with van der Waals surface area (Å²) >= 11 is 0. The fraction of sp³-hybridized carbons (Fsp3) is 0.455. The van der Waals surface area contributed by atoms with E-state index in [0.29, 0.717) is 0 Å². The molecule has 1 aliphatic rings. The van der Waals surface area contributed by atoms with E-state index < -0.39 is 9.85 Å². The Balaban J connectivity index is 2.23. The van der Waals surface area contributed by atoms with Crippen LogP contribution in [0.1, 0.15) is 19.3 Å². The minimum Gasteiger partial charge on any atom is -0.313 e. The summed E-state index contributed by atoms with van der Waals surface area (Å²) in [4.78, 5) is 20.3. The van der Waals surface area contributed by atoms with E-state index in [1.54, 1.807) is 0 Å². The molecule has 0 amide bonds. The Kier molecular flexibility index (Phi) is 3.91. The molecule has 0 bridgehead atoms. The van der Waals surface area contributed by atoms with Crippen molar-refractivity contribution in [3.63, 3.8) is 0 Å². The summed E-state index contributed by atoms with van der Waals surface area (Å²) in [6.07, 6.45) is 3.22. The normalized spacial score (nSPS) is 16.0. The molecule has 2 rings (SSSR count). The molecule has 1 fully saturated rings. The van der Waals surface area contributed by atoms with Crippen molar-refractivity contribution in [2.75, 3.05) is 18.5 Å². The molecule has 8 nitrogen and oxygen atoms in total. The lowest BCUT2D eigenvalue weighted by molar-refractivity contribution is -0.393. The molecule has 0 aliphatic carbocycles. The number of hydrogen-bond donors (Lipinski definition) is 1. The molecule has 0 radical (unpaired) electrons. The van der Waals surface area contributed by atoms with Crippen LogP contribution in [0.4, 0.5) is 17.1 Å². The molecule has 0 saturated carbocycles. The fourth-order valence-electron chi connectivity index (χ4n) is 2.06. The number of piperidine rings is 1. The van der Waals surface area contributed by atoms with Gasteiger partial charge in [0, 0.05) is 19.2 Å². The maximum Gasteiger partial charge on any atom is 0.300 e. The third-order valence-electron chi connectivity index (χ3n) is 3.02. The second-order valence-corrected chi connectivity index (χ2v) is 4.38. The topological polar surface area (TPSA) is 102 Å². The van der Waals surface area contributed by atoms with Gasteiger partial charge in [-0.3, -0.25) is 20.2 Å². The number of anilines is 1. The van der Waals surface area contributed by atoms with E-state index in [0.717, 1.165) is 38.4 Å². The van der Waals surface area contributed by atoms with Crippen molar-refractivity contribution >= 4 is 17.1 Å². The molecule has 19 heavy (non-hydrogen) atoms. The number of nitrogens with one attached hydrogen (secondary N) is 1. The summed E-state index contributed by atoms with van der Waals surface area (Å²) in [6, 6.07) is 3.62. The van der Waals surface area contributed by atoms with E-state index in [4.69, 9.17) is 0 Å². The first-order chi connectivity index (χ1) is 9.08. The van der Waals surface area contributed by atoms with Gasteiger partial charge in [0.05, 0.1) is 15.9 Å². The van der Waals surface area contributed by atoms with Crippen molar-refractivity contribution in [2.24, 2.45) is 0 Å². The molecule has 1 aliphatic heterocycles. The second-order valence-electron chi connectivity index (χ2n) is 4.38. The zero-order valence-electron chi connectivity index (χ0n) is 10.2. The molecule has 1 heterocycles. The van der Waals surface area contributed by atoms with E-state index >= 15 is 0 Å². The van der Waals surface area contributed by atoms with Gasteiger partial charge < -0.3 is 5.43 Å². The van der Waals surface area contributed by atoms with E-state index in [9.17, 15) is 20.2 Å². The van der Waals surface area contributed by atoms with E-state index in [-0.39, 0.29) is 17.1 Å². The van der Waals surface area contributed by atoms with Gasteiger partial charge in [0.1, 0.15) is 5.69 Å². The highest BCUT2D eigenvalue weighted by Crippen LogP contribution is 2.29. The van der Waals surface area contributed by atoms with Crippen LogP contribution in [0.2, 0.25) is 0 Å². The Hall–Kier alpha value is -2.22. The molecular formula is C11H14N4O4. The number of nitrogens with zero attached hydrogens (tertiary/aromatic N) is 3. The van der Waals surface area contributed by atoms with Crippen LogP contribution < -0.4 is 5.43 Å². The molecule has 0 aromatic heterocycles. The second kappa shape index (κ2) is 5.61. The summed E-state index contributed by atoms with van der Waals surface area (Å²) in [6.45, 7) is 1.63. The van der Waals surface area contributed by atoms with Crippen LogP contribution >= 0.6 is 0 Å². The summed E-state index contributed by atoms with van der Waals surface area (Å²) < 4.78 is 0. The van der Waals surface area contributed by atoms with Crippen molar-refractivity contribution in [1.82, 2.24) is 5.01 Å². The lowest BCUT2D eigenvalue weighted by Crippen LogP contribution is -2.35. The summed E-state index contributed by atoms with van der Waals surface area (Å²) in [5.41, 5.74) is 2.70. The van der Waals surface area contributed by atoms with Crippen molar-refractivity contribution in [3.05, 3.63) is 38.4 Å². The predicted molar refractivity (Wildman–Crippen MR) is 68.8 cm³/mol. The first-order valence-electron chi connectivity index (χ1n) is 6.02. The van der Waals surface area contributed by atoms with Gasteiger partial charge in [-0.1, -0.05) is 6.42 Å². The highest BCUT2D eigenvalue weighted by atomic mass is 16.6. The molecule has 0 atom stereocenters. The number of benzene rings is 1. The van der Waals surface area contributed by atoms with E-state index in [2.05, 4.69) is 5.43 Å². The van der Waals surface area contributed by atoms with Gasteiger partial charge in [0.25, 0.3) is 5.69 Å². The monoisotopic (exact) mass is 266 g/mol. The predicted octanol–water partition coefficient (Wildman–Crippen LogP) is 2.32. The van der Waals surface area contributed by atoms with Crippen LogP contribution in [0.3, 0.4) is 0 Å². The van der Waals surface area contributed by atoms with Crippen molar-refractivity contribution in [2.45, 2.75) is 19.3 Å². The standard InChI is InChI=1S/C11H14N4O4/c16-14(17)9-4-5-10(11(8-9)15(18)19)12-13-6-2-1-3-7-13/h4-5,8,12H,1-3,6-7H2. The smallest absolute Gasteiger partial charge is 0.300 e. The lowest BCUT2D eigenvalue weighted by atomic mass is 10.2. The third kappa shape index (κ3) is 3.16. The lowest BCUT2D eigenvalue weighted by Gasteiger charge is -2.27. The van der Waals surface area contributed by atoms with Crippen LogP contribution in [-0.4, -0.2) is 27.9 Å². The largest absolute Gasteiger partial charge is 0.313 e. The van der Waals surface area contributed by atoms with Gasteiger partial charge in [-0.25, -0.2) is 5.01 Å². The summed E-state index contributed by atoms with van der Waals surface area (Å²) in [5.74, 6) is 0. The first-order valence-corrected chi connectivity index (χ1v) is 6.02. The van der Waals surface area contributed by atoms with E-state index in [1.807, 2.05) is 5.01 Å². The molecule has 1 aromatic rings. The minimum absolute atomic E-state index is 0.278. The molecule has 0 spiro atoms. The Morgan fingerprint density at radius 3 is 2.32 bits per heavy atom. The molecule has 0 unspecified atom stereocenters. The van der Waals surface area contributed by atoms with Crippen LogP contribution in [0.5, 0.6) is 0 Å². The van der Waals surface area contributed by atoms with Crippen molar-refractivity contribution in [3.8, 4) is 0 Å². The van der Waals surface area contributed by atoms with Crippen LogP contribution in [0, 0.1) is 20.2 Å². The van der Waals surface area contributed by atoms with Gasteiger partial charge in [0.2, 0.25) is 0 Å². The number of nitro groups is 2. The first kappa shape index (κ1) is 13.2. The Morgan fingerprint density at radius 2 is 1.74 bits per heavy atom. The molecule has 1 saturated heterocycles. The fourth-order valence-corrected chi connectivity index (χ4v) is 2.06. The zero-order chi connectivity index (χ0) is 13.8. The highest BCUT2D eigenvalue weighted by molar-refractivity contribution is 5.64. The highest BCUT2D eigenvalue weighted by Gasteiger charge is 2.21. The molecule has 1 N–H and O–H groups in total. The van der Waals surface area contributed by atoms with Gasteiger partial charge in [0.15, 0.2) is 0 Å². The summed E-state index contributed by atoms with van der Waals surface area (Å²) in [5, 5.41) is 23.5. The molecule has 8 heteroatoms. The van der Waals surface area contributed by atoms with Crippen molar-refractivity contribution in [1.29, 1.82) is 0 Å². The number of nitro benzene ring substituents is 2. The van der Waals surface area contributed by atoms with Crippen molar-refractivity contribution < 1.29 is 9.85 Å². The number of rotatable bonds is 4. The minimum atomic E-state index is -0.641. The number of hydrazine groups is 1. The Bertz CT molecular complexity index is 499. The summed E-state index contributed by atoms with van der Waals surface area (Å²) in [7, 11) is 0. The SMILES string of the molecule is O=[N+]([O-])c1ccc(NN2CCCCC2)c([N+](=O)[O-])c1. The maximum absolute atomic E-state index is 11.0. The molecular weight excluding hydrogens is 252 g/mol. The average molecular weight is 266 g/mol. The van der Waals surface area contributed by atoms with E-state index in [1.165, 1.54) is 12.1 Å². The number of non-ortho nitro benzene ring substituents is 1. The van der Waals surface area contributed by atoms with Gasteiger partial charge in [-0.05, 0) is 18.9 Å². The quantitative estimate of drug-likeness (QED) is 0.662. The Morgan fingerprint density at radius 1 is 1.05 bits per heavy atom.